The fourth-order valence-electron chi connectivity index (χ4n) is 5.17. The molecule has 0 unspecified atom stereocenters. The maximum absolute atomic E-state index is 10.3. The minimum atomic E-state index is -0.898. The topological polar surface area (TPSA) is 49.3 Å². The van der Waals surface area contributed by atoms with Crippen LogP contribution >= 0.6 is 0 Å². The Balaban J connectivity index is 3.01. The summed E-state index contributed by atoms with van der Waals surface area (Å²) in [4.78, 5) is 10.3. The van der Waals surface area contributed by atoms with Crippen LogP contribution in [0.5, 0.6) is 0 Å². The van der Waals surface area contributed by atoms with Crippen molar-refractivity contribution < 1.29 is 9.90 Å². The zero-order chi connectivity index (χ0) is 25.5. The molecule has 0 aliphatic rings. The monoisotopic (exact) mass is 496 g/mol. The average molecular weight is 496 g/mol. The minimum Gasteiger partial charge on any atom is -0.465 e. The van der Waals surface area contributed by atoms with Crippen LogP contribution in [0, 0.1) is 0 Å². The predicted molar refractivity (Wildman–Crippen MR) is 156 cm³/mol. The standard InChI is InChI=1S/C32H65NO2/c1-2-3-4-5-6-7-8-9-10-11-12-13-14-15-16-17-18-19-20-21-22-23-24-25-26-27-28-29-30-31-33-32(34)35/h33H,2-31H2,1H3,(H,34,35). The van der Waals surface area contributed by atoms with Gasteiger partial charge >= 0.3 is 6.09 Å². The molecule has 0 atom stereocenters. The normalized spacial score (nSPS) is 11.2. The van der Waals surface area contributed by atoms with Crippen molar-refractivity contribution in [1.29, 1.82) is 0 Å². The molecular weight excluding hydrogens is 430 g/mol. The Kier molecular flexibility index (Phi) is 30.6. The van der Waals surface area contributed by atoms with Crippen molar-refractivity contribution in [3.8, 4) is 0 Å². The van der Waals surface area contributed by atoms with Crippen molar-refractivity contribution in [2.45, 2.75) is 193 Å². The van der Waals surface area contributed by atoms with Crippen molar-refractivity contribution in [3.05, 3.63) is 0 Å². The van der Waals surface area contributed by atoms with Crippen LogP contribution in [0.4, 0.5) is 4.79 Å². The van der Waals surface area contributed by atoms with Crippen molar-refractivity contribution in [3.63, 3.8) is 0 Å². The van der Waals surface area contributed by atoms with Gasteiger partial charge in [0, 0.05) is 6.54 Å². The Hall–Kier alpha value is -0.730. The lowest BCUT2D eigenvalue weighted by atomic mass is 10.0. The summed E-state index contributed by atoms with van der Waals surface area (Å²) in [6.45, 7) is 2.90. The fourth-order valence-corrected chi connectivity index (χ4v) is 5.17. The van der Waals surface area contributed by atoms with Gasteiger partial charge in [0.2, 0.25) is 0 Å². The number of unbranched alkanes of at least 4 members (excludes halogenated alkanes) is 28. The van der Waals surface area contributed by atoms with Gasteiger partial charge in [-0.2, -0.15) is 0 Å². The first-order valence-electron chi connectivity index (χ1n) is 16.2. The molecule has 0 aromatic heterocycles. The first kappa shape index (κ1) is 34.3. The molecule has 0 saturated carbocycles. The predicted octanol–water partition coefficient (Wildman–Crippen LogP) is 11.6. The molecule has 3 heteroatoms. The van der Waals surface area contributed by atoms with E-state index in [4.69, 9.17) is 5.11 Å². The van der Waals surface area contributed by atoms with Crippen LogP contribution in [-0.4, -0.2) is 17.7 Å². The molecule has 1 amide bonds. The van der Waals surface area contributed by atoms with Crippen LogP contribution in [0.3, 0.4) is 0 Å². The lowest BCUT2D eigenvalue weighted by Gasteiger charge is -2.04. The zero-order valence-corrected chi connectivity index (χ0v) is 24.1. The number of hydrogen-bond acceptors (Lipinski definition) is 1. The molecule has 3 nitrogen and oxygen atoms in total. The summed E-state index contributed by atoms with van der Waals surface area (Å²) in [5.74, 6) is 0. The molecule has 0 aromatic rings. The van der Waals surface area contributed by atoms with E-state index in [1.165, 1.54) is 173 Å². The molecule has 0 aromatic carbocycles. The Labute approximate surface area is 221 Å². The van der Waals surface area contributed by atoms with Crippen molar-refractivity contribution in [1.82, 2.24) is 5.32 Å². The highest BCUT2D eigenvalue weighted by atomic mass is 16.4. The molecule has 0 aliphatic heterocycles. The number of rotatable bonds is 30. The molecule has 0 radical (unpaired) electrons. The lowest BCUT2D eigenvalue weighted by Crippen LogP contribution is -2.21. The summed E-state index contributed by atoms with van der Waals surface area (Å²) in [5.41, 5.74) is 0. The number of amides is 1. The SMILES string of the molecule is CCCCCCCCCCCCCCCCCCCCCCCCCCCCCCCNC(=O)O. The quantitative estimate of drug-likeness (QED) is 0.0973. The van der Waals surface area contributed by atoms with Crippen molar-refractivity contribution >= 4 is 6.09 Å². The Morgan fingerprint density at radius 2 is 0.600 bits per heavy atom. The minimum absolute atomic E-state index is 0.606. The molecule has 0 saturated heterocycles. The highest BCUT2D eigenvalue weighted by molar-refractivity contribution is 5.64. The molecule has 0 fully saturated rings. The maximum Gasteiger partial charge on any atom is 0.404 e. The molecule has 2 N–H and O–H groups in total. The smallest absolute Gasteiger partial charge is 0.404 e. The first-order valence-corrected chi connectivity index (χ1v) is 16.2. The van der Waals surface area contributed by atoms with Gasteiger partial charge in [0.1, 0.15) is 0 Å². The van der Waals surface area contributed by atoms with Gasteiger partial charge in [0.25, 0.3) is 0 Å². The molecular formula is C32H65NO2. The second kappa shape index (κ2) is 31.3. The number of carbonyl (C=O) groups is 1. The van der Waals surface area contributed by atoms with E-state index in [2.05, 4.69) is 12.2 Å². The largest absolute Gasteiger partial charge is 0.465 e. The summed E-state index contributed by atoms with van der Waals surface area (Å²) in [6, 6.07) is 0. The molecule has 35 heavy (non-hydrogen) atoms. The van der Waals surface area contributed by atoms with Crippen molar-refractivity contribution in [2.75, 3.05) is 6.54 Å². The summed E-state index contributed by atoms with van der Waals surface area (Å²) in [6.07, 6.45) is 40.0. The molecule has 0 spiro atoms. The Morgan fingerprint density at radius 1 is 0.400 bits per heavy atom. The average Bonchev–Trinajstić information content (AvgIpc) is 2.85. The van der Waals surface area contributed by atoms with Crippen LogP contribution in [0.15, 0.2) is 0 Å². The van der Waals surface area contributed by atoms with Crippen LogP contribution < -0.4 is 5.32 Å². The summed E-state index contributed by atoms with van der Waals surface area (Å²) >= 11 is 0. The third-order valence-corrected chi connectivity index (χ3v) is 7.56. The van der Waals surface area contributed by atoms with Gasteiger partial charge in [-0.1, -0.05) is 187 Å². The molecule has 0 aliphatic carbocycles. The van der Waals surface area contributed by atoms with E-state index in [9.17, 15) is 4.79 Å². The van der Waals surface area contributed by atoms with E-state index in [1.54, 1.807) is 0 Å². The first-order chi connectivity index (χ1) is 17.3. The van der Waals surface area contributed by atoms with Crippen molar-refractivity contribution in [2.24, 2.45) is 0 Å². The fraction of sp³-hybridized carbons (Fsp3) is 0.969. The van der Waals surface area contributed by atoms with E-state index >= 15 is 0 Å². The number of carboxylic acid groups (broad SMARTS) is 1. The molecule has 0 heterocycles. The van der Waals surface area contributed by atoms with Gasteiger partial charge in [-0.25, -0.2) is 4.79 Å². The van der Waals surface area contributed by atoms with E-state index in [0.29, 0.717) is 6.54 Å². The second-order valence-corrected chi connectivity index (χ2v) is 11.1. The van der Waals surface area contributed by atoms with Gasteiger partial charge in [-0.3, -0.25) is 0 Å². The Bertz CT molecular complexity index is 399. The van der Waals surface area contributed by atoms with Gasteiger partial charge in [0.05, 0.1) is 0 Å². The highest BCUT2D eigenvalue weighted by Gasteiger charge is 1.97. The molecule has 0 rings (SSSR count). The molecule has 0 bridgehead atoms. The maximum atomic E-state index is 10.3. The number of hydrogen-bond donors (Lipinski definition) is 2. The van der Waals surface area contributed by atoms with Gasteiger partial charge in [-0.05, 0) is 6.42 Å². The van der Waals surface area contributed by atoms with Crippen LogP contribution in [0.25, 0.3) is 0 Å². The third kappa shape index (κ3) is 33.3. The molecule has 210 valence electrons. The van der Waals surface area contributed by atoms with Crippen LogP contribution in [0.2, 0.25) is 0 Å². The van der Waals surface area contributed by atoms with Gasteiger partial charge < -0.3 is 10.4 Å². The van der Waals surface area contributed by atoms with E-state index in [0.717, 1.165) is 12.8 Å². The highest BCUT2D eigenvalue weighted by Crippen LogP contribution is 2.16. The summed E-state index contributed by atoms with van der Waals surface area (Å²) in [5, 5.41) is 10.9. The van der Waals surface area contributed by atoms with E-state index < -0.39 is 6.09 Å². The van der Waals surface area contributed by atoms with E-state index in [-0.39, 0.29) is 0 Å². The Morgan fingerprint density at radius 3 is 0.800 bits per heavy atom. The van der Waals surface area contributed by atoms with Gasteiger partial charge in [-0.15, -0.1) is 0 Å². The zero-order valence-electron chi connectivity index (χ0n) is 24.1. The lowest BCUT2D eigenvalue weighted by molar-refractivity contribution is 0.194. The van der Waals surface area contributed by atoms with Crippen LogP contribution in [0.1, 0.15) is 193 Å². The summed E-state index contributed by atoms with van der Waals surface area (Å²) in [7, 11) is 0. The second-order valence-electron chi connectivity index (χ2n) is 11.1. The number of nitrogens with one attached hydrogen (secondary N) is 1. The summed E-state index contributed by atoms with van der Waals surface area (Å²) < 4.78 is 0. The van der Waals surface area contributed by atoms with E-state index in [1.807, 2.05) is 0 Å². The van der Waals surface area contributed by atoms with Crippen LogP contribution in [-0.2, 0) is 0 Å². The third-order valence-electron chi connectivity index (χ3n) is 7.56. The van der Waals surface area contributed by atoms with Gasteiger partial charge in [0.15, 0.2) is 0 Å².